The summed E-state index contributed by atoms with van der Waals surface area (Å²) in [4.78, 5) is 17.1. The molecule has 0 spiro atoms. The number of carbonyl (C=O) groups is 1. The van der Waals surface area contributed by atoms with E-state index in [0.717, 1.165) is 11.1 Å². The number of thiocarbonyl (C=S) groups is 1. The van der Waals surface area contributed by atoms with Gasteiger partial charge >= 0.3 is 5.97 Å². The molecule has 4 aromatic rings. The summed E-state index contributed by atoms with van der Waals surface area (Å²) in [5.74, 6) is -0.178. The van der Waals surface area contributed by atoms with Crippen LogP contribution in [0.25, 0.3) is 6.08 Å². The van der Waals surface area contributed by atoms with Crippen LogP contribution in [0.15, 0.2) is 103 Å². The number of imidazole rings is 1. The van der Waals surface area contributed by atoms with E-state index in [2.05, 4.69) is 4.98 Å². The molecule has 0 unspecified atom stereocenters. The molecule has 1 saturated heterocycles. The second-order valence-electron chi connectivity index (χ2n) is 8.47. The first-order chi connectivity index (χ1) is 18.0. The third-order valence-corrected chi connectivity index (χ3v) is 6.22. The Bertz CT molecular complexity index is 1390. The lowest BCUT2D eigenvalue weighted by Gasteiger charge is -2.31. The van der Waals surface area contributed by atoms with Crippen LogP contribution in [0.5, 0.6) is 5.75 Å². The quantitative estimate of drug-likeness (QED) is 0.182. The first-order valence-electron chi connectivity index (χ1n) is 11.7. The predicted octanol–water partition coefficient (Wildman–Crippen LogP) is 5.89. The molecular formula is C29H23FN2O4S. The summed E-state index contributed by atoms with van der Waals surface area (Å²) >= 11 is 5.43. The van der Waals surface area contributed by atoms with Gasteiger partial charge in [-0.05, 0) is 59.2 Å². The van der Waals surface area contributed by atoms with Crippen molar-refractivity contribution in [3.05, 3.63) is 126 Å². The number of hydrogen-bond acceptors (Lipinski definition) is 6. The summed E-state index contributed by atoms with van der Waals surface area (Å²) in [5.41, 5.74) is 2.86. The lowest BCUT2D eigenvalue weighted by atomic mass is 9.94. The molecule has 0 bridgehead atoms. The zero-order valence-electron chi connectivity index (χ0n) is 19.7. The van der Waals surface area contributed by atoms with Crippen molar-refractivity contribution in [1.29, 1.82) is 0 Å². The van der Waals surface area contributed by atoms with Crippen LogP contribution in [0.4, 0.5) is 4.39 Å². The number of rotatable bonds is 6. The molecule has 0 saturated carbocycles. The fourth-order valence-electron chi connectivity index (χ4n) is 3.97. The van der Waals surface area contributed by atoms with E-state index in [1.807, 2.05) is 54.6 Å². The van der Waals surface area contributed by atoms with Crippen molar-refractivity contribution in [1.82, 2.24) is 9.55 Å². The van der Waals surface area contributed by atoms with Crippen LogP contribution >= 0.6 is 12.2 Å². The average molecular weight is 515 g/mol. The van der Waals surface area contributed by atoms with Gasteiger partial charge in [0, 0.05) is 18.8 Å². The van der Waals surface area contributed by atoms with Crippen molar-refractivity contribution in [2.75, 3.05) is 0 Å². The minimum absolute atomic E-state index is 0.158. The maximum absolute atomic E-state index is 13.4. The number of halogens is 1. The van der Waals surface area contributed by atoms with Crippen LogP contribution in [0, 0.1) is 5.82 Å². The van der Waals surface area contributed by atoms with Gasteiger partial charge < -0.3 is 14.2 Å². The van der Waals surface area contributed by atoms with Gasteiger partial charge in [0.2, 0.25) is 0 Å². The van der Waals surface area contributed by atoms with Crippen molar-refractivity contribution in [3.63, 3.8) is 0 Å². The van der Waals surface area contributed by atoms with Crippen LogP contribution in [-0.4, -0.2) is 26.8 Å². The molecule has 37 heavy (non-hydrogen) atoms. The van der Waals surface area contributed by atoms with Crippen LogP contribution in [0.3, 0.4) is 0 Å². The minimum Gasteiger partial charge on any atom is -0.489 e. The molecule has 3 aromatic carbocycles. The molecule has 5 rings (SSSR count). The van der Waals surface area contributed by atoms with Crippen LogP contribution in [0.1, 0.15) is 29.2 Å². The predicted molar refractivity (Wildman–Crippen MR) is 140 cm³/mol. The van der Waals surface area contributed by atoms with Gasteiger partial charge in [-0.2, -0.15) is 0 Å². The van der Waals surface area contributed by atoms with E-state index in [9.17, 15) is 9.18 Å². The zero-order valence-corrected chi connectivity index (χ0v) is 20.5. The molecule has 0 amide bonds. The Labute approximate surface area is 218 Å². The smallest absolute Gasteiger partial charge is 0.338 e. The van der Waals surface area contributed by atoms with E-state index >= 15 is 0 Å². The average Bonchev–Trinajstić information content (AvgIpc) is 3.46. The fraction of sp³-hybridized carbons (Fsp3) is 0.138. The van der Waals surface area contributed by atoms with Gasteiger partial charge in [0.1, 0.15) is 36.7 Å². The van der Waals surface area contributed by atoms with E-state index in [1.165, 1.54) is 18.5 Å². The van der Waals surface area contributed by atoms with E-state index in [0.29, 0.717) is 29.9 Å². The summed E-state index contributed by atoms with van der Waals surface area (Å²) in [5, 5.41) is 0.158. The topological polar surface area (TPSA) is 62.6 Å². The molecular weight excluding hydrogens is 491 g/mol. The third kappa shape index (κ3) is 6.10. The van der Waals surface area contributed by atoms with Crippen molar-refractivity contribution < 1.29 is 23.4 Å². The first kappa shape index (κ1) is 24.4. The minimum atomic E-state index is -0.680. The Kier molecular flexibility index (Phi) is 7.37. The van der Waals surface area contributed by atoms with Crippen molar-refractivity contribution in [2.45, 2.75) is 25.2 Å². The molecule has 2 atom stereocenters. The van der Waals surface area contributed by atoms with Gasteiger partial charge in [0.15, 0.2) is 0 Å². The Balaban J connectivity index is 1.36. The lowest BCUT2D eigenvalue weighted by molar-refractivity contribution is -0.151. The second kappa shape index (κ2) is 11.2. The first-order valence-corrected chi connectivity index (χ1v) is 12.1. The molecule has 1 aliphatic rings. The van der Waals surface area contributed by atoms with E-state index in [1.54, 1.807) is 35.2 Å². The van der Waals surface area contributed by atoms with Crippen molar-refractivity contribution in [2.24, 2.45) is 0 Å². The Morgan fingerprint density at radius 2 is 1.84 bits per heavy atom. The van der Waals surface area contributed by atoms with Gasteiger partial charge in [-0.25, -0.2) is 14.2 Å². The van der Waals surface area contributed by atoms with Crippen LogP contribution in [-0.2, 0) is 20.9 Å². The van der Waals surface area contributed by atoms with E-state index in [4.69, 9.17) is 26.4 Å². The molecule has 8 heteroatoms. The third-order valence-electron chi connectivity index (χ3n) is 5.91. The second-order valence-corrected chi connectivity index (χ2v) is 8.82. The summed E-state index contributed by atoms with van der Waals surface area (Å²) < 4.78 is 32.6. The SMILES string of the molecule is O=C1O[C@@H](c2ccc(F)cc2)C[C@H](OC(=S)n2ccnc2)/C1=C\c1ccc(OCc2ccccc2)cc1. The molecule has 2 heterocycles. The highest BCUT2D eigenvalue weighted by Crippen LogP contribution is 2.34. The highest BCUT2D eigenvalue weighted by Gasteiger charge is 2.36. The van der Waals surface area contributed by atoms with Gasteiger partial charge in [0.05, 0.1) is 5.57 Å². The van der Waals surface area contributed by atoms with Crippen LogP contribution < -0.4 is 4.74 Å². The van der Waals surface area contributed by atoms with E-state index < -0.39 is 18.2 Å². The molecule has 1 aromatic heterocycles. The number of ether oxygens (including phenoxy) is 3. The summed E-state index contributed by atoms with van der Waals surface area (Å²) in [7, 11) is 0. The number of esters is 1. The highest BCUT2D eigenvalue weighted by atomic mass is 32.1. The molecule has 0 radical (unpaired) electrons. The zero-order chi connectivity index (χ0) is 25.6. The number of benzene rings is 3. The number of carbonyl (C=O) groups excluding carboxylic acids is 1. The molecule has 1 aliphatic heterocycles. The molecule has 0 aliphatic carbocycles. The fourth-order valence-corrected chi connectivity index (χ4v) is 4.20. The monoisotopic (exact) mass is 514 g/mol. The van der Waals surface area contributed by atoms with Crippen molar-refractivity contribution in [3.8, 4) is 5.75 Å². The Hall–Kier alpha value is -4.30. The van der Waals surface area contributed by atoms with Gasteiger partial charge in [-0.1, -0.05) is 54.6 Å². The summed E-state index contributed by atoms with van der Waals surface area (Å²) in [6.45, 7) is 0.458. The lowest BCUT2D eigenvalue weighted by Crippen LogP contribution is -2.35. The van der Waals surface area contributed by atoms with Gasteiger partial charge in [0.25, 0.3) is 5.17 Å². The van der Waals surface area contributed by atoms with Gasteiger partial charge in [-0.15, -0.1) is 0 Å². The molecule has 0 N–H and O–H groups in total. The van der Waals surface area contributed by atoms with Crippen molar-refractivity contribution >= 4 is 29.4 Å². The summed E-state index contributed by atoms with van der Waals surface area (Å²) in [6, 6.07) is 23.2. The largest absolute Gasteiger partial charge is 0.489 e. The molecule has 6 nitrogen and oxygen atoms in total. The number of nitrogens with zero attached hydrogens (tertiary/aromatic N) is 2. The molecule has 186 valence electrons. The maximum Gasteiger partial charge on any atom is 0.338 e. The van der Waals surface area contributed by atoms with Gasteiger partial charge in [-0.3, -0.25) is 4.57 Å². The summed E-state index contributed by atoms with van der Waals surface area (Å²) in [6.07, 6.45) is 5.54. The van der Waals surface area contributed by atoms with E-state index in [-0.39, 0.29) is 11.0 Å². The number of hydrogen-bond donors (Lipinski definition) is 0. The molecule has 1 fully saturated rings. The Morgan fingerprint density at radius 3 is 2.54 bits per heavy atom. The normalized spacial score (nSPS) is 18.3. The maximum atomic E-state index is 13.4. The Morgan fingerprint density at radius 1 is 1.08 bits per heavy atom. The number of cyclic esters (lactones) is 1. The number of aromatic nitrogens is 2. The standard InChI is InChI=1S/C29H23FN2O4S/c30-23-10-8-22(9-11-23)26-17-27(36-29(37)32-15-14-31-19-32)25(28(33)35-26)16-20-6-12-24(13-7-20)34-18-21-4-2-1-3-5-21/h1-16,19,26-27H,17-18H2/b25-16+/t26-,27+/m1/s1. The van der Waals surface area contributed by atoms with Crippen LogP contribution in [0.2, 0.25) is 0 Å². The highest BCUT2D eigenvalue weighted by molar-refractivity contribution is 7.80.